The Hall–Kier alpha value is -0.900. The maximum Gasteiger partial charge on any atom is 0.0592 e. The minimum atomic E-state index is 0.335. The Kier molecular flexibility index (Phi) is 3.73. The molecule has 0 bridgehead atoms. The van der Waals surface area contributed by atoms with Gasteiger partial charge in [-0.05, 0) is 12.5 Å². The van der Waals surface area contributed by atoms with Crippen molar-refractivity contribution in [2.24, 2.45) is 5.84 Å². The van der Waals surface area contributed by atoms with Crippen molar-refractivity contribution in [2.75, 3.05) is 6.67 Å². The lowest BCUT2D eigenvalue weighted by atomic mass is 10.1. The third kappa shape index (κ3) is 2.62. The molecule has 1 rings (SSSR count). The van der Waals surface area contributed by atoms with E-state index in [1.54, 1.807) is 0 Å². The third-order valence-corrected chi connectivity index (χ3v) is 1.81. The number of benzene rings is 1. The summed E-state index contributed by atoms with van der Waals surface area (Å²) in [5.41, 5.74) is 3.83. The first-order chi connectivity index (χ1) is 5.84. The van der Waals surface area contributed by atoms with Crippen LogP contribution in [0.2, 0.25) is 0 Å². The summed E-state index contributed by atoms with van der Waals surface area (Å²) in [7, 11) is 0. The van der Waals surface area contributed by atoms with Gasteiger partial charge in [-0.25, -0.2) is 5.43 Å². The molecular weight excluding hydrogens is 150 g/mol. The molecule has 0 saturated heterocycles. The Bertz CT molecular complexity index is 210. The molecule has 0 aliphatic rings. The molecule has 3 nitrogen and oxygen atoms in total. The first-order valence-corrected chi connectivity index (χ1v) is 4.06. The van der Waals surface area contributed by atoms with Crippen molar-refractivity contribution in [2.45, 2.75) is 13.0 Å². The lowest BCUT2D eigenvalue weighted by molar-refractivity contribution is 0.527. The van der Waals surface area contributed by atoms with Gasteiger partial charge < -0.3 is 0 Å². The van der Waals surface area contributed by atoms with Crippen LogP contribution in [0.15, 0.2) is 30.3 Å². The summed E-state index contributed by atoms with van der Waals surface area (Å²) in [6.07, 6.45) is 0. The predicted octanol–water partition coefficient (Wildman–Crippen LogP) is 0.758. The van der Waals surface area contributed by atoms with E-state index in [1.165, 1.54) is 5.56 Å². The van der Waals surface area contributed by atoms with Crippen molar-refractivity contribution in [1.82, 2.24) is 10.7 Å². The summed E-state index contributed by atoms with van der Waals surface area (Å²) in [6.45, 7) is 2.72. The minimum absolute atomic E-state index is 0.335. The van der Waals surface area contributed by atoms with Gasteiger partial charge in [-0.3, -0.25) is 11.2 Å². The molecule has 66 valence electrons. The SMILES string of the molecule is CC(NCNN)c1ccccc1. The molecule has 0 aliphatic heterocycles. The van der Waals surface area contributed by atoms with Crippen LogP contribution in [0.4, 0.5) is 0 Å². The zero-order valence-electron chi connectivity index (χ0n) is 7.25. The van der Waals surface area contributed by atoms with Crippen LogP contribution in [-0.2, 0) is 0 Å². The van der Waals surface area contributed by atoms with E-state index in [1.807, 2.05) is 18.2 Å². The average molecular weight is 165 g/mol. The van der Waals surface area contributed by atoms with E-state index in [4.69, 9.17) is 5.84 Å². The Labute approximate surface area is 72.9 Å². The molecule has 0 fully saturated rings. The van der Waals surface area contributed by atoms with Gasteiger partial charge >= 0.3 is 0 Å². The Morgan fingerprint density at radius 3 is 2.58 bits per heavy atom. The summed E-state index contributed by atoms with van der Waals surface area (Å²) in [5, 5.41) is 3.21. The van der Waals surface area contributed by atoms with Crippen LogP contribution < -0.4 is 16.6 Å². The lowest BCUT2D eigenvalue weighted by Gasteiger charge is -2.12. The van der Waals surface area contributed by atoms with Gasteiger partial charge in [0.05, 0.1) is 6.67 Å². The highest BCUT2D eigenvalue weighted by molar-refractivity contribution is 5.17. The minimum Gasteiger partial charge on any atom is -0.297 e. The Morgan fingerprint density at radius 1 is 1.33 bits per heavy atom. The zero-order chi connectivity index (χ0) is 8.81. The maximum atomic E-state index is 5.14. The van der Waals surface area contributed by atoms with E-state index in [0.29, 0.717) is 12.7 Å². The summed E-state index contributed by atoms with van der Waals surface area (Å²) in [4.78, 5) is 0. The smallest absolute Gasteiger partial charge is 0.0592 e. The fourth-order valence-corrected chi connectivity index (χ4v) is 1.07. The number of rotatable bonds is 4. The van der Waals surface area contributed by atoms with E-state index in [2.05, 4.69) is 29.8 Å². The van der Waals surface area contributed by atoms with Crippen LogP contribution in [0, 0.1) is 0 Å². The molecular formula is C9H15N3. The van der Waals surface area contributed by atoms with E-state index < -0.39 is 0 Å². The molecule has 0 radical (unpaired) electrons. The van der Waals surface area contributed by atoms with E-state index in [-0.39, 0.29) is 0 Å². The second-order valence-corrected chi connectivity index (χ2v) is 2.72. The number of hydrogen-bond donors (Lipinski definition) is 3. The normalized spacial score (nSPS) is 12.8. The van der Waals surface area contributed by atoms with Crippen molar-refractivity contribution in [3.63, 3.8) is 0 Å². The molecule has 12 heavy (non-hydrogen) atoms. The predicted molar refractivity (Wildman–Crippen MR) is 50.2 cm³/mol. The van der Waals surface area contributed by atoms with Gasteiger partial charge in [0.2, 0.25) is 0 Å². The Morgan fingerprint density at radius 2 is 2.00 bits per heavy atom. The second kappa shape index (κ2) is 4.87. The van der Waals surface area contributed by atoms with Crippen LogP contribution in [0.1, 0.15) is 18.5 Å². The molecule has 1 aromatic rings. The quantitative estimate of drug-likeness (QED) is 0.351. The fraction of sp³-hybridized carbons (Fsp3) is 0.333. The summed E-state index contributed by atoms with van der Waals surface area (Å²) < 4.78 is 0. The highest BCUT2D eigenvalue weighted by atomic mass is 15.3. The topological polar surface area (TPSA) is 50.1 Å². The van der Waals surface area contributed by atoms with Crippen LogP contribution in [0.3, 0.4) is 0 Å². The van der Waals surface area contributed by atoms with Gasteiger partial charge in [0.25, 0.3) is 0 Å². The number of hydrogen-bond acceptors (Lipinski definition) is 3. The van der Waals surface area contributed by atoms with Crippen LogP contribution in [0.25, 0.3) is 0 Å². The molecule has 1 aromatic carbocycles. The van der Waals surface area contributed by atoms with Gasteiger partial charge in [-0.2, -0.15) is 0 Å². The molecule has 0 spiro atoms. The highest BCUT2D eigenvalue weighted by Gasteiger charge is 2.00. The standard InChI is InChI=1S/C9H15N3/c1-8(11-7-12-10)9-5-3-2-4-6-9/h2-6,8,11-12H,7,10H2,1H3. The van der Waals surface area contributed by atoms with Gasteiger partial charge in [-0.1, -0.05) is 30.3 Å². The summed E-state index contributed by atoms with van der Waals surface area (Å²) in [5.74, 6) is 5.14. The number of nitrogens with two attached hydrogens (primary N) is 1. The molecule has 0 heterocycles. The fourth-order valence-electron chi connectivity index (χ4n) is 1.07. The van der Waals surface area contributed by atoms with Gasteiger partial charge in [-0.15, -0.1) is 0 Å². The van der Waals surface area contributed by atoms with Crippen molar-refractivity contribution < 1.29 is 0 Å². The monoisotopic (exact) mass is 165 g/mol. The van der Waals surface area contributed by atoms with Crippen molar-refractivity contribution in [3.05, 3.63) is 35.9 Å². The third-order valence-electron chi connectivity index (χ3n) is 1.81. The molecule has 0 aliphatic carbocycles. The van der Waals surface area contributed by atoms with Gasteiger partial charge in [0.15, 0.2) is 0 Å². The van der Waals surface area contributed by atoms with E-state index >= 15 is 0 Å². The molecule has 1 unspecified atom stereocenters. The number of hydrazine groups is 1. The molecule has 0 saturated carbocycles. The van der Waals surface area contributed by atoms with E-state index in [9.17, 15) is 0 Å². The summed E-state index contributed by atoms with van der Waals surface area (Å²) in [6, 6.07) is 10.6. The lowest BCUT2D eigenvalue weighted by Crippen LogP contribution is -2.35. The molecule has 0 amide bonds. The van der Waals surface area contributed by atoms with Crippen LogP contribution >= 0.6 is 0 Å². The number of nitrogens with one attached hydrogen (secondary N) is 2. The highest BCUT2D eigenvalue weighted by Crippen LogP contribution is 2.09. The van der Waals surface area contributed by atoms with Gasteiger partial charge in [0.1, 0.15) is 0 Å². The zero-order valence-corrected chi connectivity index (χ0v) is 7.25. The van der Waals surface area contributed by atoms with Crippen LogP contribution in [-0.4, -0.2) is 6.67 Å². The summed E-state index contributed by atoms with van der Waals surface area (Å²) >= 11 is 0. The van der Waals surface area contributed by atoms with Crippen molar-refractivity contribution in [1.29, 1.82) is 0 Å². The van der Waals surface area contributed by atoms with Crippen molar-refractivity contribution in [3.8, 4) is 0 Å². The second-order valence-electron chi connectivity index (χ2n) is 2.72. The van der Waals surface area contributed by atoms with E-state index in [0.717, 1.165) is 0 Å². The molecule has 3 heteroatoms. The molecule has 4 N–H and O–H groups in total. The Balaban J connectivity index is 2.48. The first kappa shape index (κ1) is 9.19. The maximum absolute atomic E-state index is 5.14. The first-order valence-electron chi connectivity index (χ1n) is 4.06. The molecule has 0 aromatic heterocycles. The van der Waals surface area contributed by atoms with Crippen LogP contribution in [0.5, 0.6) is 0 Å². The largest absolute Gasteiger partial charge is 0.297 e. The average Bonchev–Trinajstić information content (AvgIpc) is 2.15. The van der Waals surface area contributed by atoms with Crippen molar-refractivity contribution >= 4 is 0 Å². The van der Waals surface area contributed by atoms with Gasteiger partial charge in [0, 0.05) is 6.04 Å². The molecule has 1 atom stereocenters.